The molecule has 0 aliphatic rings. The number of nitrogens with zero attached hydrogens (tertiary/aromatic N) is 1. The maximum absolute atomic E-state index is 5.94. The van der Waals surface area contributed by atoms with Crippen LogP contribution in [0, 0.1) is 11.8 Å². The second kappa shape index (κ2) is 4.81. The van der Waals surface area contributed by atoms with Gasteiger partial charge in [-0.15, -0.1) is 11.3 Å². The standard InChI is InChI=1S/C15H8ClNS/c16-12-7-8-13-14(10-12)18-15(17-13)9-6-11-4-2-1-3-5-11/h1-5,7-8,10H. The summed E-state index contributed by atoms with van der Waals surface area (Å²) >= 11 is 7.51. The van der Waals surface area contributed by atoms with E-state index in [1.54, 1.807) is 11.3 Å². The van der Waals surface area contributed by atoms with Gasteiger partial charge in [0, 0.05) is 10.6 Å². The fourth-order valence-electron chi connectivity index (χ4n) is 1.60. The molecule has 1 nitrogen and oxygen atoms in total. The minimum Gasteiger partial charge on any atom is -0.228 e. The summed E-state index contributed by atoms with van der Waals surface area (Å²) in [5.74, 6) is 6.19. The van der Waals surface area contributed by atoms with Gasteiger partial charge in [-0.3, -0.25) is 0 Å². The number of fused-ring (bicyclic) bond motifs is 1. The van der Waals surface area contributed by atoms with Crippen molar-refractivity contribution in [3.63, 3.8) is 0 Å². The van der Waals surface area contributed by atoms with Gasteiger partial charge in [-0.25, -0.2) is 4.98 Å². The van der Waals surface area contributed by atoms with Crippen LogP contribution in [0.4, 0.5) is 0 Å². The predicted molar refractivity (Wildman–Crippen MR) is 77.1 cm³/mol. The summed E-state index contributed by atoms with van der Waals surface area (Å²) in [5, 5.41) is 1.55. The molecule has 3 rings (SSSR count). The Morgan fingerprint density at radius 3 is 2.67 bits per heavy atom. The Hall–Kier alpha value is -1.82. The van der Waals surface area contributed by atoms with E-state index < -0.39 is 0 Å². The van der Waals surface area contributed by atoms with Crippen molar-refractivity contribution >= 4 is 33.2 Å². The van der Waals surface area contributed by atoms with E-state index in [1.165, 1.54) is 0 Å². The number of hydrogen-bond acceptors (Lipinski definition) is 2. The highest BCUT2D eigenvalue weighted by Gasteiger charge is 2.01. The lowest BCUT2D eigenvalue weighted by molar-refractivity contribution is 1.45. The van der Waals surface area contributed by atoms with Crippen LogP contribution in [-0.4, -0.2) is 4.98 Å². The third-order valence-electron chi connectivity index (χ3n) is 2.44. The average molecular weight is 270 g/mol. The molecule has 1 heterocycles. The monoisotopic (exact) mass is 269 g/mol. The number of hydrogen-bond donors (Lipinski definition) is 0. The van der Waals surface area contributed by atoms with E-state index in [0.717, 1.165) is 25.8 Å². The van der Waals surface area contributed by atoms with E-state index in [2.05, 4.69) is 16.8 Å². The first-order valence-corrected chi connectivity index (χ1v) is 6.64. The lowest BCUT2D eigenvalue weighted by atomic mass is 10.2. The molecule has 0 aliphatic heterocycles. The molecule has 3 heteroatoms. The molecule has 0 saturated carbocycles. The summed E-state index contributed by atoms with van der Waals surface area (Å²) in [5.41, 5.74) is 1.94. The van der Waals surface area contributed by atoms with Gasteiger partial charge in [-0.2, -0.15) is 0 Å². The van der Waals surface area contributed by atoms with Gasteiger partial charge >= 0.3 is 0 Å². The van der Waals surface area contributed by atoms with Gasteiger partial charge in [0.25, 0.3) is 0 Å². The lowest BCUT2D eigenvalue weighted by Crippen LogP contribution is -1.73. The Morgan fingerprint density at radius 1 is 1.00 bits per heavy atom. The van der Waals surface area contributed by atoms with Crippen LogP contribution in [0.5, 0.6) is 0 Å². The van der Waals surface area contributed by atoms with E-state index in [0.29, 0.717) is 0 Å². The van der Waals surface area contributed by atoms with Gasteiger partial charge in [-0.1, -0.05) is 35.7 Å². The Kier molecular flexibility index (Phi) is 3.02. The van der Waals surface area contributed by atoms with Crippen molar-refractivity contribution in [1.82, 2.24) is 4.98 Å². The van der Waals surface area contributed by atoms with Gasteiger partial charge in [0.05, 0.1) is 10.2 Å². The van der Waals surface area contributed by atoms with Crippen molar-refractivity contribution in [3.05, 3.63) is 64.1 Å². The summed E-state index contributed by atoms with van der Waals surface area (Å²) in [4.78, 5) is 4.46. The first-order chi connectivity index (χ1) is 8.81. The van der Waals surface area contributed by atoms with Crippen molar-refractivity contribution in [3.8, 4) is 11.8 Å². The fourth-order valence-corrected chi connectivity index (χ4v) is 2.69. The Morgan fingerprint density at radius 2 is 1.83 bits per heavy atom. The van der Waals surface area contributed by atoms with E-state index in [-0.39, 0.29) is 0 Å². The molecule has 3 aromatic rings. The number of benzene rings is 2. The highest BCUT2D eigenvalue weighted by Crippen LogP contribution is 2.24. The Balaban J connectivity index is 1.99. The normalized spacial score (nSPS) is 10.1. The van der Waals surface area contributed by atoms with Crippen LogP contribution in [0.25, 0.3) is 10.2 Å². The van der Waals surface area contributed by atoms with Crippen LogP contribution in [0.2, 0.25) is 5.02 Å². The molecule has 86 valence electrons. The summed E-state index contributed by atoms with van der Waals surface area (Å²) in [7, 11) is 0. The van der Waals surface area contributed by atoms with Crippen molar-refractivity contribution in [2.75, 3.05) is 0 Å². The Labute approximate surface area is 114 Å². The third-order valence-corrected chi connectivity index (χ3v) is 3.61. The highest BCUT2D eigenvalue weighted by molar-refractivity contribution is 7.19. The van der Waals surface area contributed by atoms with Crippen molar-refractivity contribution in [1.29, 1.82) is 0 Å². The van der Waals surface area contributed by atoms with Crippen LogP contribution in [0.3, 0.4) is 0 Å². The maximum atomic E-state index is 5.94. The molecule has 0 N–H and O–H groups in total. The van der Waals surface area contributed by atoms with E-state index in [1.807, 2.05) is 48.5 Å². The molecule has 1 aromatic heterocycles. The van der Waals surface area contributed by atoms with Gasteiger partial charge < -0.3 is 0 Å². The van der Waals surface area contributed by atoms with Crippen LogP contribution < -0.4 is 0 Å². The van der Waals surface area contributed by atoms with Gasteiger partial charge in [0.15, 0.2) is 5.01 Å². The van der Waals surface area contributed by atoms with E-state index in [9.17, 15) is 0 Å². The van der Waals surface area contributed by atoms with Crippen molar-refractivity contribution in [2.24, 2.45) is 0 Å². The highest BCUT2D eigenvalue weighted by atomic mass is 35.5. The summed E-state index contributed by atoms with van der Waals surface area (Å²) in [6.45, 7) is 0. The zero-order chi connectivity index (χ0) is 12.4. The summed E-state index contributed by atoms with van der Waals surface area (Å²) in [6.07, 6.45) is 0. The summed E-state index contributed by atoms with van der Waals surface area (Å²) in [6, 6.07) is 15.6. The van der Waals surface area contributed by atoms with E-state index >= 15 is 0 Å². The molecular weight excluding hydrogens is 262 g/mol. The first-order valence-electron chi connectivity index (χ1n) is 5.44. The maximum Gasteiger partial charge on any atom is 0.168 e. The molecule has 0 aliphatic carbocycles. The Bertz CT molecular complexity index is 750. The summed E-state index contributed by atoms with van der Waals surface area (Å²) < 4.78 is 1.07. The molecule has 0 spiro atoms. The molecule has 18 heavy (non-hydrogen) atoms. The number of aromatic nitrogens is 1. The van der Waals surface area contributed by atoms with Crippen LogP contribution >= 0.6 is 22.9 Å². The van der Waals surface area contributed by atoms with E-state index in [4.69, 9.17) is 11.6 Å². The molecule has 0 unspecified atom stereocenters. The quantitative estimate of drug-likeness (QED) is 0.553. The second-order valence-electron chi connectivity index (χ2n) is 3.75. The number of thiazole rings is 1. The third kappa shape index (κ3) is 2.38. The molecule has 0 amide bonds. The van der Waals surface area contributed by atoms with Crippen molar-refractivity contribution < 1.29 is 0 Å². The fraction of sp³-hybridized carbons (Fsp3) is 0. The molecule has 0 bridgehead atoms. The zero-order valence-corrected chi connectivity index (χ0v) is 10.9. The SMILES string of the molecule is Clc1ccc2nc(C#Cc3ccccc3)sc2c1. The average Bonchev–Trinajstić information content (AvgIpc) is 2.79. The van der Waals surface area contributed by atoms with Crippen LogP contribution in [-0.2, 0) is 0 Å². The molecule has 0 radical (unpaired) electrons. The smallest absolute Gasteiger partial charge is 0.168 e. The largest absolute Gasteiger partial charge is 0.228 e. The van der Waals surface area contributed by atoms with Crippen LogP contribution in [0.15, 0.2) is 48.5 Å². The molecule has 0 saturated heterocycles. The zero-order valence-electron chi connectivity index (χ0n) is 9.35. The van der Waals surface area contributed by atoms with Gasteiger partial charge in [0.2, 0.25) is 0 Å². The lowest BCUT2D eigenvalue weighted by Gasteiger charge is -1.86. The molecule has 2 aromatic carbocycles. The van der Waals surface area contributed by atoms with Gasteiger partial charge in [-0.05, 0) is 36.3 Å². The topological polar surface area (TPSA) is 12.9 Å². The van der Waals surface area contributed by atoms with Crippen LogP contribution in [0.1, 0.15) is 10.6 Å². The minimum atomic E-state index is 0.730. The molecule has 0 fully saturated rings. The number of rotatable bonds is 0. The molecule has 0 atom stereocenters. The minimum absolute atomic E-state index is 0.730. The first kappa shape index (κ1) is 11.3. The van der Waals surface area contributed by atoms with Crippen molar-refractivity contribution in [2.45, 2.75) is 0 Å². The number of halogens is 1. The predicted octanol–water partition coefficient (Wildman–Crippen LogP) is 4.35. The second-order valence-corrected chi connectivity index (χ2v) is 5.21. The molecular formula is C15H8ClNS. The van der Waals surface area contributed by atoms with Gasteiger partial charge in [0.1, 0.15) is 0 Å².